The van der Waals surface area contributed by atoms with E-state index in [0.29, 0.717) is 16.3 Å². The summed E-state index contributed by atoms with van der Waals surface area (Å²) in [6.45, 7) is 3.77. The largest absolute Gasteiger partial charge is 0.318 e. The molecule has 3 rings (SSSR count). The van der Waals surface area contributed by atoms with Crippen LogP contribution in [0.3, 0.4) is 0 Å². The third-order valence-electron chi connectivity index (χ3n) is 4.61. The van der Waals surface area contributed by atoms with E-state index in [1.165, 1.54) is 17.6 Å². The lowest BCUT2D eigenvalue weighted by atomic mass is 9.93. The van der Waals surface area contributed by atoms with Gasteiger partial charge >= 0.3 is 0 Å². The molecule has 0 amide bonds. The van der Waals surface area contributed by atoms with E-state index in [1.54, 1.807) is 0 Å². The van der Waals surface area contributed by atoms with Crippen LogP contribution >= 0.6 is 48.0 Å². The van der Waals surface area contributed by atoms with Gasteiger partial charge in [-0.05, 0) is 37.3 Å². The highest BCUT2D eigenvalue weighted by molar-refractivity contribution is 6.40. The number of halogens is 4. The Bertz CT molecular complexity index is 713. The molecule has 1 atom stereocenters. The van der Waals surface area contributed by atoms with E-state index in [-0.39, 0.29) is 24.8 Å². The summed E-state index contributed by atoms with van der Waals surface area (Å²) in [6.07, 6.45) is 6.81. The highest BCUT2D eigenvalue weighted by atomic mass is 35.5. The molecule has 1 aliphatic rings. The molecule has 2 aromatic rings. The van der Waals surface area contributed by atoms with Gasteiger partial charge in [0, 0.05) is 19.1 Å². The minimum Gasteiger partial charge on any atom is -0.318 e. The van der Waals surface area contributed by atoms with Crippen molar-refractivity contribution in [2.45, 2.75) is 45.2 Å². The van der Waals surface area contributed by atoms with Gasteiger partial charge in [0.2, 0.25) is 0 Å². The fourth-order valence-electron chi connectivity index (χ4n) is 3.28. The van der Waals surface area contributed by atoms with Crippen LogP contribution in [0.15, 0.2) is 36.4 Å². The van der Waals surface area contributed by atoms with Crippen LogP contribution in [0.1, 0.15) is 37.1 Å². The lowest BCUT2D eigenvalue weighted by Crippen LogP contribution is -2.32. The first-order valence-corrected chi connectivity index (χ1v) is 9.26. The Morgan fingerprint density at radius 2 is 1.88 bits per heavy atom. The fraction of sp³-hybridized carbons (Fsp3) is 0.421. The highest BCUT2D eigenvalue weighted by Crippen LogP contribution is 2.25. The Morgan fingerprint density at radius 1 is 1.15 bits per heavy atom. The lowest BCUT2D eigenvalue weighted by molar-refractivity contribution is 0.463. The predicted molar refractivity (Wildman–Crippen MR) is 116 cm³/mol. The molecule has 7 heteroatoms. The van der Waals surface area contributed by atoms with Crippen molar-refractivity contribution in [2.75, 3.05) is 6.54 Å². The van der Waals surface area contributed by atoms with E-state index in [0.717, 1.165) is 38.2 Å². The molecule has 3 nitrogen and oxygen atoms in total. The second-order valence-corrected chi connectivity index (χ2v) is 7.01. The molecule has 1 aromatic carbocycles. The number of aromatic nitrogens is 2. The first kappa shape index (κ1) is 23.3. The molecule has 1 aliphatic heterocycles. The van der Waals surface area contributed by atoms with Gasteiger partial charge in [-0.2, -0.15) is 0 Å². The highest BCUT2D eigenvalue weighted by Gasteiger charge is 2.16. The van der Waals surface area contributed by atoms with Crippen molar-refractivity contribution in [1.29, 1.82) is 0 Å². The van der Waals surface area contributed by atoms with Crippen molar-refractivity contribution >= 4 is 53.6 Å². The van der Waals surface area contributed by atoms with Crippen LogP contribution in [-0.4, -0.2) is 22.1 Å². The first-order chi connectivity index (χ1) is 11.6. The Morgan fingerprint density at radius 3 is 2.54 bits per heavy atom. The molecule has 1 unspecified atom stereocenters. The Hall–Kier alpha value is -0.710. The average molecular weight is 437 g/mol. The van der Waals surface area contributed by atoms with E-state index in [4.69, 9.17) is 23.2 Å². The first-order valence-electron chi connectivity index (χ1n) is 8.51. The zero-order valence-corrected chi connectivity index (χ0v) is 17.9. The normalized spacial score (nSPS) is 16.4. The lowest BCUT2D eigenvalue weighted by Gasteiger charge is -2.24. The van der Waals surface area contributed by atoms with Crippen LogP contribution in [-0.2, 0) is 6.54 Å². The molecule has 0 bridgehead atoms. The summed E-state index contributed by atoms with van der Waals surface area (Å²) in [7, 11) is 0. The third-order valence-corrected chi connectivity index (χ3v) is 5.35. The van der Waals surface area contributed by atoms with Crippen LogP contribution in [0.2, 0.25) is 10.3 Å². The van der Waals surface area contributed by atoms with E-state index in [1.807, 2.05) is 11.5 Å². The molecule has 0 radical (unpaired) electrons. The number of nitrogens with one attached hydrogen (secondary N) is 1. The molecular weight excluding hydrogens is 412 g/mol. The molecule has 0 saturated carbocycles. The quantitative estimate of drug-likeness (QED) is 0.566. The number of hydrogen-bond donors (Lipinski definition) is 1. The maximum Gasteiger partial charge on any atom is 0.166 e. The molecule has 1 aromatic heterocycles. The van der Waals surface area contributed by atoms with Gasteiger partial charge in [0.05, 0.1) is 0 Å². The molecule has 0 aliphatic carbocycles. The Balaban J connectivity index is 0.00000169. The fourth-order valence-corrected chi connectivity index (χ4v) is 3.76. The van der Waals surface area contributed by atoms with Crippen molar-refractivity contribution in [2.24, 2.45) is 0 Å². The molecule has 2 heterocycles. The number of nitrogens with zero attached hydrogens (tertiary/aromatic N) is 2. The van der Waals surface area contributed by atoms with Gasteiger partial charge in [-0.1, -0.05) is 66.0 Å². The number of unbranched alkanes of at least 4 members (excludes halogenated alkanes) is 1. The number of hydrogen-bond acceptors (Lipinski definition) is 2. The standard InChI is InChI=1S/C19H23Cl2N3.2ClH/c1-14-23-18(20)19(21)24(14)12-6-5-9-17-13-16(10-11-22-17)15-7-3-2-4-8-15;;/h2-4,7-8,10,17,22H,5-6,9,11-13H2,1H3;2*1H. The predicted octanol–water partition coefficient (Wildman–Crippen LogP) is 5.96. The second kappa shape index (κ2) is 11.2. The molecule has 26 heavy (non-hydrogen) atoms. The van der Waals surface area contributed by atoms with E-state index in [9.17, 15) is 0 Å². The van der Waals surface area contributed by atoms with Crippen LogP contribution in [0, 0.1) is 6.92 Å². The SMILES string of the molecule is Cc1nc(Cl)c(Cl)n1CCCCC1CC(c2ccccc2)=CCN1.Cl.Cl. The van der Waals surface area contributed by atoms with Gasteiger partial charge < -0.3 is 9.88 Å². The van der Waals surface area contributed by atoms with Gasteiger partial charge in [-0.15, -0.1) is 24.8 Å². The van der Waals surface area contributed by atoms with E-state index in [2.05, 4.69) is 46.7 Å². The topological polar surface area (TPSA) is 29.9 Å². The van der Waals surface area contributed by atoms with Crippen molar-refractivity contribution in [3.63, 3.8) is 0 Å². The number of imidazole rings is 1. The van der Waals surface area contributed by atoms with Crippen molar-refractivity contribution < 1.29 is 0 Å². The monoisotopic (exact) mass is 435 g/mol. The summed E-state index contributed by atoms with van der Waals surface area (Å²) in [5, 5.41) is 4.56. The van der Waals surface area contributed by atoms with Crippen LogP contribution in [0.25, 0.3) is 5.57 Å². The number of aryl methyl sites for hydroxylation is 1. The average Bonchev–Trinajstić information content (AvgIpc) is 2.85. The minimum absolute atomic E-state index is 0. The van der Waals surface area contributed by atoms with Crippen LogP contribution in [0.4, 0.5) is 0 Å². The van der Waals surface area contributed by atoms with E-state index >= 15 is 0 Å². The maximum absolute atomic E-state index is 6.18. The molecule has 144 valence electrons. The second-order valence-electron chi connectivity index (χ2n) is 6.29. The summed E-state index contributed by atoms with van der Waals surface area (Å²) in [6, 6.07) is 11.2. The smallest absolute Gasteiger partial charge is 0.166 e. The molecule has 0 fully saturated rings. The van der Waals surface area contributed by atoms with Crippen molar-refractivity contribution in [3.8, 4) is 0 Å². The van der Waals surface area contributed by atoms with Crippen molar-refractivity contribution in [1.82, 2.24) is 14.9 Å². The summed E-state index contributed by atoms with van der Waals surface area (Å²) in [5.41, 5.74) is 2.80. The molecule has 0 saturated heterocycles. The summed E-state index contributed by atoms with van der Waals surface area (Å²) in [4.78, 5) is 4.20. The summed E-state index contributed by atoms with van der Waals surface area (Å²) < 4.78 is 1.99. The Labute approximate surface area is 178 Å². The zero-order valence-electron chi connectivity index (χ0n) is 14.8. The minimum atomic E-state index is 0. The van der Waals surface area contributed by atoms with Crippen LogP contribution in [0.5, 0.6) is 0 Å². The van der Waals surface area contributed by atoms with E-state index < -0.39 is 0 Å². The zero-order chi connectivity index (χ0) is 16.9. The van der Waals surface area contributed by atoms with Crippen LogP contribution < -0.4 is 5.32 Å². The Kier molecular flexibility index (Phi) is 10.1. The van der Waals surface area contributed by atoms with Gasteiger partial charge in [-0.3, -0.25) is 0 Å². The number of rotatable bonds is 6. The van der Waals surface area contributed by atoms with Gasteiger partial charge in [0.1, 0.15) is 11.0 Å². The maximum atomic E-state index is 6.18. The number of benzene rings is 1. The molecular formula is C19H25Cl4N3. The molecule has 1 N–H and O–H groups in total. The summed E-state index contributed by atoms with van der Waals surface area (Å²) >= 11 is 12.1. The summed E-state index contributed by atoms with van der Waals surface area (Å²) in [5.74, 6) is 0.884. The van der Waals surface area contributed by atoms with Gasteiger partial charge in [0.15, 0.2) is 5.15 Å². The van der Waals surface area contributed by atoms with Gasteiger partial charge in [-0.25, -0.2) is 4.98 Å². The van der Waals surface area contributed by atoms with Crippen molar-refractivity contribution in [3.05, 3.63) is 58.1 Å². The third kappa shape index (κ3) is 5.90. The molecule has 0 spiro atoms. The van der Waals surface area contributed by atoms with Gasteiger partial charge in [0.25, 0.3) is 0 Å².